The van der Waals surface area contributed by atoms with Crippen LogP contribution < -0.4 is 5.32 Å². The first-order valence-electron chi connectivity index (χ1n) is 7.77. The molecule has 0 radical (unpaired) electrons. The monoisotopic (exact) mass is 329 g/mol. The van der Waals surface area contributed by atoms with E-state index in [2.05, 4.69) is 17.4 Å². The number of esters is 1. The molecule has 1 N–H and O–H groups in total. The van der Waals surface area contributed by atoms with E-state index in [9.17, 15) is 9.59 Å². The van der Waals surface area contributed by atoms with E-state index in [4.69, 9.17) is 4.74 Å². The van der Waals surface area contributed by atoms with Gasteiger partial charge in [-0.3, -0.25) is 9.59 Å². The lowest BCUT2D eigenvalue weighted by Gasteiger charge is -2.26. The van der Waals surface area contributed by atoms with Gasteiger partial charge in [-0.05, 0) is 41.8 Å². The van der Waals surface area contributed by atoms with Gasteiger partial charge in [0.05, 0.1) is 12.5 Å². The van der Waals surface area contributed by atoms with Crippen molar-refractivity contribution in [2.24, 2.45) is 0 Å². The second-order valence-electron chi connectivity index (χ2n) is 5.63. The van der Waals surface area contributed by atoms with Crippen LogP contribution in [0.4, 0.5) is 0 Å². The number of amides is 1. The van der Waals surface area contributed by atoms with Crippen LogP contribution in [0.2, 0.25) is 0 Å². The number of fused-ring (bicyclic) bond motifs is 1. The standard InChI is InChI=1S/C18H19NO3S/c20-17(12-22-18(21)11-14-7-4-10-23-14)19-16-9-3-6-13-5-1-2-8-15(13)16/h1-2,4-5,7-8,10,16H,3,6,9,11-12H2,(H,19,20)/t16-/m0/s1. The molecule has 3 rings (SSSR count). The molecule has 0 aliphatic heterocycles. The van der Waals surface area contributed by atoms with Crippen molar-refractivity contribution in [2.45, 2.75) is 31.7 Å². The van der Waals surface area contributed by atoms with E-state index in [-0.39, 0.29) is 30.9 Å². The molecule has 1 aliphatic carbocycles. The Kier molecular flexibility index (Phi) is 5.08. The highest BCUT2D eigenvalue weighted by molar-refractivity contribution is 7.10. The predicted octanol–water partition coefficient (Wildman–Crippen LogP) is 3.03. The first kappa shape index (κ1) is 15.7. The number of benzene rings is 1. The molecule has 1 heterocycles. The van der Waals surface area contributed by atoms with Crippen LogP contribution >= 0.6 is 11.3 Å². The third kappa shape index (κ3) is 4.20. The van der Waals surface area contributed by atoms with E-state index >= 15 is 0 Å². The Balaban J connectivity index is 1.49. The fraction of sp³-hybridized carbons (Fsp3) is 0.333. The third-order valence-corrected chi connectivity index (χ3v) is 4.84. The molecule has 4 nitrogen and oxygen atoms in total. The summed E-state index contributed by atoms with van der Waals surface area (Å²) in [6.07, 6.45) is 3.25. The summed E-state index contributed by atoms with van der Waals surface area (Å²) in [5, 5.41) is 4.89. The van der Waals surface area contributed by atoms with Gasteiger partial charge < -0.3 is 10.1 Å². The van der Waals surface area contributed by atoms with E-state index in [0.717, 1.165) is 24.1 Å². The number of ether oxygens (including phenoxy) is 1. The van der Waals surface area contributed by atoms with Crippen molar-refractivity contribution < 1.29 is 14.3 Å². The molecular weight excluding hydrogens is 310 g/mol. The van der Waals surface area contributed by atoms with Gasteiger partial charge in [0.15, 0.2) is 6.61 Å². The van der Waals surface area contributed by atoms with Gasteiger partial charge in [-0.25, -0.2) is 0 Å². The summed E-state index contributed by atoms with van der Waals surface area (Å²) in [5.74, 6) is -0.613. The number of hydrogen-bond donors (Lipinski definition) is 1. The molecule has 0 saturated carbocycles. The lowest BCUT2D eigenvalue weighted by Crippen LogP contribution is -2.34. The minimum Gasteiger partial charge on any atom is -0.455 e. The van der Waals surface area contributed by atoms with Crippen molar-refractivity contribution in [3.63, 3.8) is 0 Å². The first-order valence-corrected chi connectivity index (χ1v) is 8.65. The minimum absolute atomic E-state index is 0.0171. The SMILES string of the molecule is O=C(COC(=O)Cc1cccs1)N[C@H]1CCCc2ccccc21. The number of aryl methyl sites for hydroxylation is 1. The van der Waals surface area contributed by atoms with Crippen LogP contribution in [0.15, 0.2) is 41.8 Å². The third-order valence-electron chi connectivity index (χ3n) is 3.97. The second kappa shape index (κ2) is 7.42. The van der Waals surface area contributed by atoms with E-state index in [1.807, 2.05) is 29.6 Å². The average molecular weight is 329 g/mol. The van der Waals surface area contributed by atoms with Crippen LogP contribution in [-0.4, -0.2) is 18.5 Å². The molecule has 1 amide bonds. The van der Waals surface area contributed by atoms with Crippen molar-refractivity contribution in [2.75, 3.05) is 6.61 Å². The summed E-state index contributed by atoms with van der Waals surface area (Å²) in [6.45, 7) is -0.219. The molecule has 0 bridgehead atoms. The highest BCUT2D eigenvalue weighted by Gasteiger charge is 2.21. The molecule has 1 aromatic carbocycles. The van der Waals surface area contributed by atoms with Gasteiger partial charge >= 0.3 is 5.97 Å². The van der Waals surface area contributed by atoms with Gasteiger partial charge in [0, 0.05) is 4.88 Å². The summed E-state index contributed by atoms with van der Waals surface area (Å²) in [6, 6.07) is 12.0. The molecule has 0 unspecified atom stereocenters. The fourth-order valence-corrected chi connectivity index (χ4v) is 3.58. The van der Waals surface area contributed by atoms with E-state index in [1.165, 1.54) is 22.5 Å². The maximum Gasteiger partial charge on any atom is 0.311 e. The largest absolute Gasteiger partial charge is 0.455 e. The van der Waals surface area contributed by atoms with Crippen LogP contribution in [-0.2, 0) is 27.2 Å². The second-order valence-corrected chi connectivity index (χ2v) is 6.66. The van der Waals surface area contributed by atoms with E-state index in [0.29, 0.717) is 0 Å². The summed E-state index contributed by atoms with van der Waals surface area (Å²) in [4.78, 5) is 24.7. The Labute approximate surface area is 139 Å². The topological polar surface area (TPSA) is 55.4 Å². The first-order chi connectivity index (χ1) is 11.2. The lowest BCUT2D eigenvalue weighted by atomic mass is 9.88. The highest BCUT2D eigenvalue weighted by Crippen LogP contribution is 2.29. The molecule has 1 aliphatic rings. The van der Waals surface area contributed by atoms with Gasteiger partial charge in [-0.1, -0.05) is 30.3 Å². The number of rotatable bonds is 5. The average Bonchev–Trinajstić information content (AvgIpc) is 3.06. The Morgan fingerprint density at radius 2 is 2.09 bits per heavy atom. The molecule has 0 saturated heterocycles. The van der Waals surface area contributed by atoms with Gasteiger partial charge in [-0.15, -0.1) is 11.3 Å². The summed E-state index contributed by atoms with van der Waals surface area (Å²) >= 11 is 1.50. The Morgan fingerprint density at radius 1 is 1.22 bits per heavy atom. The molecule has 2 aromatic rings. The fourth-order valence-electron chi connectivity index (χ4n) is 2.89. The van der Waals surface area contributed by atoms with Crippen LogP contribution in [0.5, 0.6) is 0 Å². The van der Waals surface area contributed by atoms with Gasteiger partial charge in [0.1, 0.15) is 0 Å². The minimum atomic E-state index is -0.369. The smallest absolute Gasteiger partial charge is 0.311 e. The van der Waals surface area contributed by atoms with Gasteiger partial charge in [-0.2, -0.15) is 0 Å². The van der Waals surface area contributed by atoms with Crippen LogP contribution in [0.1, 0.15) is 34.9 Å². The van der Waals surface area contributed by atoms with Crippen molar-refractivity contribution in [1.82, 2.24) is 5.32 Å². The zero-order valence-corrected chi connectivity index (χ0v) is 13.6. The predicted molar refractivity (Wildman–Crippen MR) is 89.2 cm³/mol. The van der Waals surface area contributed by atoms with Crippen LogP contribution in [0.3, 0.4) is 0 Å². The van der Waals surface area contributed by atoms with E-state index < -0.39 is 0 Å². The van der Waals surface area contributed by atoms with E-state index in [1.54, 1.807) is 0 Å². The molecule has 5 heteroatoms. The molecule has 1 atom stereocenters. The van der Waals surface area contributed by atoms with Gasteiger partial charge in [0.25, 0.3) is 5.91 Å². The molecular formula is C18H19NO3S. The number of nitrogens with one attached hydrogen (secondary N) is 1. The van der Waals surface area contributed by atoms with Crippen molar-refractivity contribution in [3.05, 3.63) is 57.8 Å². The molecule has 1 aromatic heterocycles. The maximum absolute atomic E-state index is 12.0. The number of thiophene rings is 1. The van der Waals surface area contributed by atoms with Crippen LogP contribution in [0, 0.1) is 0 Å². The molecule has 0 spiro atoms. The van der Waals surface area contributed by atoms with Crippen LogP contribution in [0.25, 0.3) is 0 Å². The summed E-state index contributed by atoms with van der Waals surface area (Å²) < 4.78 is 5.06. The Morgan fingerprint density at radius 3 is 2.91 bits per heavy atom. The van der Waals surface area contributed by atoms with Crippen molar-refractivity contribution in [1.29, 1.82) is 0 Å². The van der Waals surface area contributed by atoms with Crippen molar-refractivity contribution in [3.8, 4) is 0 Å². The number of carbonyl (C=O) groups excluding carboxylic acids is 2. The number of hydrogen-bond acceptors (Lipinski definition) is 4. The zero-order valence-electron chi connectivity index (χ0n) is 12.8. The number of carbonyl (C=O) groups is 2. The summed E-state index contributed by atoms with van der Waals surface area (Å²) in [7, 11) is 0. The maximum atomic E-state index is 12.0. The van der Waals surface area contributed by atoms with Crippen molar-refractivity contribution >= 4 is 23.2 Å². The Bertz CT molecular complexity index is 681. The summed E-state index contributed by atoms with van der Waals surface area (Å²) in [5.41, 5.74) is 2.47. The highest BCUT2D eigenvalue weighted by atomic mass is 32.1. The zero-order chi connectivity index (χ0) is 16.1. The van der Waals surface area contributed by atoms with Gasteiger partial charge in [0.2, 0.25) is 0 Å². The Hall–Kier alpha value is -2.14. The molecule has 120 valence electrons. The molecule has 23 heavy (non-hydrogen) atoms. The lowest BCUT2D eigenvalue weighted by molar-refractivity contribution is -0.148. The quantitative estimate of drug-likeness (QED) is 0.858. The molecule has 0 fully saturated rings. The normalized spacial score (nSPS) is 16.4.